The second-order valence-corrected chi connectivity index (χ2v) is 7.66. The summed E-state index contributed by atoms with van der Waals surface area (Å²) in [6.07, 6.45) is 3.16. The molecule has 10 heteroatoms. The molecule has 0 aliphatic rings. The number of nitrogens with one attached hydrogen (secondary N) is 1. The van der Waals surface area contributed by atoms with Crippen molar-refractivity contribution in [1.82, 2.24) is 9.78 Å². The molecular weight excluding hydrogens is 474 g/mol. The molecule has 0 unspecified atom stereocenters. The lowest BCUT2D eigenvalue weighted by molar-refractivity contribution is 0.102. The maximum Gasteiger partial charge on any atom is 0.255 e. The SMILES string of the molecule is O=C(Nc1cnn(Cc2ccccc2Cl)c1)c1ccc(COc2c(F)c(F)cc(F)c2F)cc1. The predicted molar refractivity (Wildman–Crippen MR) is 118 cm³/mol. The van der Waals surface area contributed by atoms with E-state index < -0.39 is 34.9 Å². The summed E-state index contributed by atoms with van der Waals surface area (Å²) < 4.78 is 60.5. The Hall–Kier alpha value is -3.85. The van der Waals surface area contributed by atoms with E-state index >= 15 is 0 Å². The first-order valence-electron chi connectivity index (χ1n) is 9.93. The van der Waals surface area contributed by atoms with E-state index in [1.807, 2.05) is 18.2 Å². The van der Waals surface area contributed by atoms with Gasteiger partial charge in [0.1, 0.15) is 6.61 Å². The highest BCUT2D eigenvalue weighted by molar-refractivity contribution is 6.31. The molecule has 4 rings (SSSR count). The van der Waals surface area contributed by atoms with Gasteiger partial charge < -0.3 is 10.1 Å². The molecule has 0 atom stereocenters. The Morgan fingerprint density at radius 3 is 2.35 bits per heavy atom. The largest absolute Gasteiger partial charge is 0.483 e. The standard InChI is InChI=1S/C24H16ClF4N3O2/c25-18-4-2-1-3-16(18)11-32-12-17(10-30-32)31-24(33)15-7-5-14(6-8-15)13-34-23-21(28)19(26)9-20(27)22(23)29/h1-10,12H,11,13H2,(H,31,33). The van der Waals surface area contributed by atoms with E-state index in [1.165, 1.54) is 30.5 Å². The molecule has 3 aromatic carbocycles. The lowest BCUT2D eigenvalue weighted by atomic mass is 10.1. The van der Waals surface area contributed by atoms with E-state index in [0.29, 0.717) is 28.4 Å². The average molecular weight is 490 g/mol. The van der Waals surface area contributed by atoms with Crippen LogP contribution in [0.25, 0.3) is 0 Å². The first-order valence-corrected chi connectivity index (χ1v) is 10.3. The fraction of sp³-hybridized carbons (Fsp3) is 0.0833. The van der Waals surface area contributed by atoms with Gasteiger partial charge in [0.2, 0.25) is 11.6 Å². The van der Waals surface area contributed by atoms with Crippen LogP contribution in [-0.4, -0.2) is 15.7 Å². The van der Waals surface area contributed by atoms with Gasteiger partial charge in [-0.05, 0) is 29.3 Å². The Morgan fingerprint density at radius 1 is 1.00 bits per heavy atom. The molecule has 1 amide bonds. The second kappa shape index (κ2) is 9.96. The van der Waals surface area contributed by atoms with Crippen LogP contribution in [-0.2, 0) is 13.2 Å². The fourth-order valence-electron chi connectivity index (χ4n) is 3.10. The summed E-state index contributed by atoms with van der Waals surface area (Å²) in [5.41, 5.74) is 2.08. The zero-order chi connectivity index (χ0) is 24.2. The summed E-state index contributed by atoms with van der Waals surface area (Å²) in [4.78, 5) is 12.5. The second-order valence-electron chi connectivity index (χ2n) is 7.26. The number of hydrogen-bond donors (Lipinski definition) is 1. The third-order valence-electron chi connectivity index (χ3n) is 4.85. The Morgan fingerprint density at radius 2 is 1.68 bits per heavy atom. The number of halogens is 5. The number of amides is 1. The zero-order valence-corrected chi connectivity index (χ0v) is 18.1. The van der Waals surface area contributed by atoms with E-state index in [-0.39, 0.29) is 12.7 Å². The summed E-state index contributed by atoms with van der Waals surface area (Å²) in [5, 5.41) is 7.53. The predicted octanol–water partition coefficient (Wildman–Crippen LogP) is 5.97. The zero-order valence-electron chi connectivity index (χ0n) is 17.4. The van der Waals surface area contributed by atoms with Crippen molar-refractivity contribution in [3.63, 3.8) is 0 Å². The Labute approximate surface area is 196 Å². The van der Waals surface area contributed by atoms with Crippen molar-refractivity contribution in [3.05, 3.63) is 112 Å². The molecule has 0 saturated carbocycles. The van der Waals surface area contributed by atoms with Gasteiger partial charge in [-0.3, -0.25) is 9.48 Å². The van der Waals surface area contributed by atoms with Crippen LogP contribution in [0.15, 0.2) is 67.0 Å². The fourth-order valence-corrected chi connectivity index (χ4v) is 3.30. The first kappa shape index (κ1) is 23.3. The van der Waals surface area contributed by atoms with Crippen LogP contribution in [0.5, 0.6) is 5.75 Å². The molecule has 0 aliphatic heterocycles. The van der Waals surface area contributed by atoms with Crippen LogP contribution in [0.2, 0.25) is 5.02 Å². The van der Waals surface area contributed by atoms with Crippen LogP contribution in [0.1, 0.15) is 21.5 Å². The maximum absolute atomic E-state index is 13.7. The molecule has 0 aliphatic carbocycles. The summed E-state index contributed by atoms with van der Waals surface area (Å²) in [7, 11) is 0. The molecule has 1 aromatic heterocycles. The van der Waals surface area contributed by atoms with Crippen LogP contribution in [0.4, 0.5) is 23.2 Å². The van der Waals surface area contributed by atoms with Gasteiger partial charge in [0.25, 0.3) is 5.91 Å². The van der Waals surface area contributed by atoms with E-state index in [1.54, 1.807) is 16.9 Å². The number of hydrogen-bond acceptors (Lipinski definition) is 3. The highest BCUT2D eigenvalue weighted by Crippen LogP contribution is 2.27. The Kier molecular flexibility index (Phi) is 6.83. The highest BCUT2D eigenvalue weighted by atomic mass is 35.5. The monoisotopic (exact) mass is 489 g/mol. The van der Waals surface area contributed by atoms with Gasteiger partial charge in [0.05, 0.1) is 18.4 Å². The number of rotatable bonds is 7. The minimum atomic E-state index is -1.62. The van der Waals surface area contributed by atoms with Crippen LogP contribution in [0.3, 0.4) is 0 Å². The van der Waals surface area contributed by atoms with E-state index in [2.05, 4.69) is 10.4 Å². The van der Waals surface area contributed by atoms with Gasteiger partial charge in [0, 0.05) is 22.8 Å². The van der Waals surface area contributed by atoms with Gasteiger partial charge in [-0.25, -0.2) is 8.78 Å². The first-order chi connectivity index (χ1) is 16.3. The van der Waals surface area contributed by atoms with Crippen molar-refractivity contribution < 1.29 is 27.1 Å². The third-order valence-corrected chi connectivity index (χ3v) is 5.22. The van der Waals surface area contributed by atoms with Gasteiger partial charge in [-0.1, -0.05) is 41.9 Å². The van der Waals surface area contributed by atoms with Crippen LogP contribution < -0.4 is 10.1 Å². The summed E-state index contributed by atoms with van der Waals surface area (Å²) in [6, 6.07) is 13.4. The number of anilines is 1. The number of nitrogens with zero attached hydrogens (tertiary/aromatic N) is 2. The number of benzene rings is 3. The quantitative estimate of drug-likeness (QED) is 0.257. The van der Waals surface area contributed by atoms with E-state index in [0.717, 1.165) is 5.56 Å². The lowest BCUT2D eigenvalue weighted by Gasteiger charge is -2.10. The molecule has 34 heavy (non-hydrogen) atoms. The Balaban J connectivity index is 1.37. The van der Waals surface area contributed by atoms with Crippen molar-refractivity contribution in [2.24, 2.45) is 0 Å². The lowest BCUT2D eigenvalue weighted by Crippen LogP contribution is -2.11. The molecule has 0 fully saturated rings. The van der Waals surface area contributed by atoms with Crippen LogP contribution in [0, 0.1) is 23.3 Å². The van der Waals surface area contributed by atoms with Crippen molar-refractivity contribution in [2.45, 2.75) is 13.2 Å². The Bertz CT molecular complexity index is 1320. The molecule has 0 radical (unpaired) electrons. The number of aromatic nitrogens is 2. The summed E-state index contributed by atoms with van der Waals surface area (Å²) in [5.74, 6) is -7.91. The molecule has 5 nitrogen and oxygen atoms in total. The van der Waals surface area contributed by atoms with Gasteiger partial charge in [-0.2, -0.15) is 13.9 Å². The van der Waals surface area contributed by atoms with Crippen molar-refractivity contribution in [1.29, 1.82) is 0 Å². The summed E-state index contributed by atoms with van der Waals surface area (Å²) >= 11 is 6.15. The maximum atomic E-state index is 13.7. The smallest absolute Gasteiger partial charge is 0.255 e. The number of carbonyl (C=O) groups is 1. The minimum Gasteiger partial charge on any atom is -0.483 e. The topological polar surface area (TPSA) is 56.2 Å². The van der Waals surface area contributed by atoms with Crippen molar-refractivity contribution in [2.75, 3.05) is 5.32 Å². The molecule has 0 bridgehead atoms. The van der Waals surface area contributed by atoms with Crippen molar-refractivity contribution >= 4 is 23.2 Å². The van der Waals surface area contributed by atoms with E-state index in [9.17, 15) is 22.4 Å². The normalized spacial score (nSPS) is 10.9. The average Bonchev–Trinajstić information content (AvgIpc) is 3.26. The third kappa shape index (κ3) is 5.20. The number of carbonyl (C=O) groups excluding carboxylic acids is 1. The summed E-state index contributed by atoms with van der Waals surface area (Å²) in [6.45, 7) is 0.0636. The van der Waals surface area contributed by atoms with Gasteiger partial charge >= 0.3 is 0 Å². The number of ether oxygens (including phenoxy) is 1. The van der Waals surface area contributed by atoms with E-state index in [4.69, 9.17) is 16.3 Å². The van der Waals surface area contributed by atoms with Crippen molar-refractivity contribution in [3.8, 4) is 5.75 Å². The highest BCUT2D eigenvalue weighted by Gasteiger charge is 2.20. The molecule has 0 spiro atoms. The molecule has 174 valence electrons. The molecule has 4 aromatic rings. The van der Waals surface area contributed by atoms with Gasteiger partial charge in [-0.15, -0.1) is 0 Å². The molecule has 0 saturated heterocycles. The van der Waals surface area contributed by atoms with Crippen LogP contribution >= 0.6 is 11.6 Å². The minimum absolute atomic E-state index is 0.103. The molecule has 1 heterocycles. The molecular formula is C24H16ClF4N3O2. The van der Waals surface area contributed by atoms with Gasteiger partial charge in [0.15, 0.2) is 17.4 Å². The molecule has 1 N–H and O–H groups in total.